The maximum atomic E-state index is 12.5. The quantitative estimate of drug-likeness (QED) is 0.145. The standard InChI is InChI=1S/C29H42O4/c1-4-6-8-10-12-14-20-27(30)32-26-22-23(3)29(25-19-17-16-18-24(25)26)33-28(31)21-15-13-11-9-7-5-2/h16-19,22H,4-15,20-21H2,1-3H3. The van der Waals surface area contributed by atoms with E-state index in [4.69, 9.17) is 9.47 Å². The van der Waals surface area contributed by atoms with Crippen molar-refractivity contribution in [3.05, 3.63) is 35.9 Å². The van der Waals surface area contributed by atoms with Crippen molar-refractivity contribution in [2.75, 3.05) is 0 Å². The molecule has 0 aliphatic heterocycles. The SMILES string of the molecule is CCCCCCCCC(=O)Oc1cc(C)c(OC(=O)CCCCCCCC)c2ccccc12. The van der Waals surface area contributed by atoms with E-state index >= 15 is 0 Å². The van der Waals surface area contributed by atoms with Crippen LogP contribution in [0.3, 0.4) is 0 Å². The molecule has 33 heavy (non-hydrogen) atoms. The van der Waals surface area contributed by atoms with Gasteiger partial charge in [0, 0.05) is 23.6 Å². The second-order valence-corrected chi connectivity index (χ2v) is 9.05. The zero-order chi connectivity index (χ0) is 23.9. The Morgan fingerprint density at radius 2 is 1.15 bits per heavy atom. The molecule has 4 heteroatoms. The van der Waals surface area contributed by atoms with E-state index in [1.54, 1.807) is 0 Å². The molecule has 0 bridgehead atoms. The number of esters is 2. The highest BCUT2D eigenvalue weighted by molar-refractivity contribution is 5.97. The summed E-state index contributed by atoms with van der Waals surface area (Å²) in [7, 11) is 0. The van der Waals surface area contributed by atoms with E-state index in [9.17, 15) is 9.59 Å². The first kappa shape index (κ1) is 26.9. The summed E-state index contributed by atoms with van der Waals surface area (Å²) in [4.78, 5) is 24.9. The number of carbonyl (C=O) groups excluding carboxylic acids is 2. The predicted molar refractivity (Wildman–Crippen MR) is 136 cm³/mol. The average molecular weight is 455 g/mol. The molecule has 0 amide bonds. The molecule has 0 saturated carbocycles. The van der Waals surface area contributed by atoms with Gasteiger partial charge in [-0.25, -0.2) is 0 Å². The van der Waals surface area contributed by atoms with Gasteiger partial charge in [-0.3, -0.25) is 9.59 Å². The third kappa shape index (κ3) is 9.57. The number of hydrogen-bond donors (Lipinski definition) is 0. The first-order chi connectivity index (χ1) is 16.1. The van der Waals surface area contributed by atoms with E-state index in [1.807, 2.05) is 37.3 Å². The van der Waals surface area contributed by atoms with Crippen molar-refractivity contribution >= 4 is 22.7 Å². The number of ether oxygens (including phenoxy) is 2. The largest absolute Gasteiger partial charge is 0.426 e. The van der Waals surface area contributed by atoms with E-state index in [-0.39, 0.29) is 11.9 Å². The van der Waals surface area contributed by atoms with Crippen molar-refractivity contribution in [2.24, 2.45) is 0 Å². The van der Waals surface area contributed by atoms with E-state index in [2.05, 4.69) is 13.8 Å². The zero-order valence-electron chi connectivity index (χ0n) is 20.9. The van der Waals surface area contributed by atoms with Crippen LogP contribution in [0.1, 0.15) is 109 Å². The van der Waals surface area contributed by atoms with E-state index in [1.165, 1.54) is 51.4 Å². The molecule has 0 aliphatic carbocycles. The highest BCUT2D eigenvalue weighted by atomic mass is 16.5. The second-order valence-electron chi connectivity index (χ2n) is 9.05. The lowest BCUT2D eigenvalue weighted by molar-refractivity contribution is -0.135. The maximum absolute atomic E-state index is 12.5. The fourth-order valence-electron chi connectivity index (χ4n) is 4.11. The molecule has 4 nitrogen and oxygen atoms in total. The van der Waals surface area contributed by atoms with Gasteiger partial charge in [-0.1, -0.05) is 102 Å². The smallest absolute Gasteiger partial charge is 0.311 e. The minimum Gasteiger partial charge on any atom is -0.426 e. The van der Waals surface area contributed by atoms with Crippen molar-refractivity contribution in [3.63, 3.8) is 0 Å². The van der Waals surface area contributed by atoms with Gasteiger partial charge < -0.3 is 9.47 Å². The van der Waals surface area contributed by atoms with Crippen LogP contribution < -0.4 is 9.47 Å². The summed E-state index contributed by atoms with van der Waals surface area (Å²) in [6.07, 6.45) is 14.4. The van der Waals surface area contributed by atoms with Crippen LogP contribution >= 0.6 is 0 Å². The van der Waals surface area contributed by atoms with Crippen molar-refractivity contribution in [2.45, 2.75) is 111 Å². The zero-order valence-corrected chi connectivity index (χ0v) is 20.9. The van der Waals surface area contributed by atoms with Gasteiger partial charge in [0.1, 0.15) is 11.5 Å². The molecule has 0 unspecified atom stereocenters. The third-order valence-corrected chi connectivity index (χ3v) is 6.05. The molecule has 2 rings (SSSR count). The second kappa shape index (κ2) is 15.5. The van der Waals surface area contributed by atoms with Gasteiger partial charge >= 0.3 is 11.9 Å². The van der Waals surface area contributed by atoms with Gasteiger partial charge in [0.05, 0.1) is 0 Å². The summed E-state index contributed by atoms with van der Waals surface area (Å²) in [5.41, 5.74) is 0.798. The monoisotopic (exact) mass is 454 g/mol. The maximum Gasteiger partial charge on any atom is 0.311 e. The van der Waals surface area contributed by atoms with Crippen molar-refractivity contribution in [1.29, 1.82) is 0 Å². The highest BCUT2D eigenvalue weighted by Crippen LogP contribution is 2.37. The van der Waals surface area contributed by atoms with Gasteiger partial charge in [-0.2, -0.15) is 0 Å². The Hall–Kier alpha value is -2.36. The molecule has 0 radical (unpaired) electrons. The predicted octanol–water partition coefficient (Wildman–Crippen LogP) is 8.46. The molecule has 0 aliphatic rings. The van der Waals surface area contributed by atoms with Gasteiger partial charge in [-0.15, -0.1) is 0 Å². The molecule has 0 spiro atoms. The van der Waals surface area contributed by atoms with Gasteiger partial charge in [-0.05, 0) is 31.4 Å². The van der Waals surface area contributed by atoms with Crippen LogP contribution in [0, 0.1) is 6.92 Å². The molecular weight excluding hydrogens is 412 g/mol. The molecule has 0 atom stereocenters. The Morgan fingerprint density at radius 3 is 1.73 bits per heavy atom. The number of hydrogen-bond acceptors (Lipinski definition) is 4. The lowest BCUT2D eigenvalue weighted by Crippen LogP contribution is -2.11. The summed E-state index contributed by atoms with van der Waals surface area (Å²) >= 11 is 0. The molecule has 2 aromatic carbocycles. The van der Waals surface area contributed by atoms with Gasteiger partial charge in [0.2, 0.25) is 0 Å². The van der Waals surface area contributed by atoms with Crippen LogP contribution in [0.15, 0.2) is 30.3 Å². The minimum absolute atomic E-state index is 0.202. The average Bonchev–Trinajstić information content (AvgIpc) is 2.81. The highest BCUT2D eigenvalue weighted by Gasteiger charge is 2.16. The van der Waals surface area contributed by atoms with E-state index < -0.39 is 0 Å². The Balaban J connectivity index is 1.96. The van der Waals surface area contributed by atoms with E-state index in [0.29, 0.717) is 24.3 Å². The summed E-state index contributed by atoms with van der Waals surface area (Å²) in [6.45, 7) is 6.29. The summed E-state index contributed by atoms with van der Waals surface area (Å²) in [5, 5.41) is 1.60. The first-order valence-electron chi connectivity index (χ1n) is 13.0. The molecule has 182 valence electrons. The lowest BCUT2D eigenvalue weighted by Gasteiger charge is -2.15. The first-order valence-corrected chi connectivity index (χ1v) is 13.0. The van der Waals surface area contributed by atoms with Gasteiger partial charge in [0.15, 0.2) is 0 Å². The molecule has 2 aromatic rings. The fourth-order valence-corrected chi connectivity index (χ4v) is 4.11. The van der Waals surface area contributed by atoms with Crippen LogP contribution in [-0.4, -0.2) is 11.9 Å². The van der Waals surface area contributed by atoms with E-state index in [0.717, 1.165) is 42.0 Å². The van der Waals surface area contributed by atoms with Crippen LogP contribution in [0.2, 0.25) is 0 Å². The Morgan fingerprint density at radius 1 is 0.667 bits per heavy atom. The van der Waals surface area contributed by atoms with Crippen molar-refractivity contribution in [1.82, 2.24) is 0 Å². The summed E-state index contributed by atoms with van der Waals surface area (Å²) < 4.78 is 11.5. The van der Waals surface area contributed by atoms with Crippen LogP contribution in [0.25, 0.3) is 10.8 Å². The van der Waals surface area contributed by atoms with Gasteiger partial charge in [0.25, 0.3) is 0 Å². The molecule has 0 aromatic heterocycles. The Kier molecular flexibility index (Phi) is 12.6. The number of rotatable bonds is 16. The third-order valence-electron chi connectivity index (χ3n) is 6.05. The number of benzene rings is 2. The number of fused-ring (bicyclic) bond motifs is 1. The molecule has 0 heterocycles. The van der Waals surface area contributed by atoms with Crippen LogP contribution in [-0.2, 0) is 9.59 Å². The Bertz CT molecular complexity index is 871. The topological polar surface area (TPSA) is 52.6 Å². The minimum atomic E-state index is -0.206. The van der Waals surface area contributed by atoms with Crippen LogP contribution in [0.4, 0.5) is 0 Å². The summed E-state index contributed by atoms with van der Waals surface area (Å²) in [6, 6.07) is 9.46. The molecule has 0 fully saturated rings. The van der Waals surface area contributed by atoms with Crippen LogP contribution in [0.5, 0.6) is 11.5 Å². The Labute approximate surface area is 200 Å². The number of carbonyl (C=O) groups is 2. The lowest BCUT2D eigenvalue weighted by atomic mass is 10.0. The number of aryl methyl sites for hydroxylation is 1. The molecule has 0 N–H and O–H groups in total. The normalized spacial score (nSPS) is 11.0. The van der Waals surface area contributed by atoms with Crippen molar-refractivity contribution in [3.8, 4) is 11.5 Å². The number of unbranched alkanes of at least 4 members (excludes halogenated alkanes) is 10. The van der Waals surface area contributed by atoms with Crippen molar-refractivity contribution < 1.29 is 19.1 Å². The molecular formula is C29H42O4. The fraction of sp³-hybridized carbons (Fsp3) is 0.586. The molecule has 0 saturated heterocycles. The summed E-state index contributed by atoms with van der Waals surface area (Å²) in [5.74, 6) is 0.696.